The molecule has 64 valence electrons. The van der Waals surface area contributed by atoms with Crippen LogP contribution in [0.1, 0.15) is 12.8 Å². The summed E-state index contributed by atoms with van der Waals surface area (Å²) in [5.74, 6) is -1.78. The zero-order chi connectivity index (χ0) is 8.43. The zero-order valence-electron chi connectivity index (χ0n) is 6.63. The molecule has 6 heteroatoms. The van der Waals surface area contributed by atoms with Gasteiger partial charge in [0.1, 0.15) is 0 Å². The van der Waals surface area contributed by atoms with Crippen LogP contribution in [0.5, 0.6) is 0 Å². The van der Waals surface area contributed by atoms with Crippen LogP contribution >= 0.6 is 0 Å². The number of carboxylic acid groups (broad SMARTS) is 1. The fraction of sp³-hybridized carbons (Fsp3) is 0.833. The first kappa shape index (κ1) is 12.9. The monoisotopic (exact) mass is 204 g/mol. The van der Waals surface area contributed by atoms with Gasteiger partial charge in [-0.15, -0.1) is 0 Å². The number of ether oxygens (including phenoxy) is 1. The molecule has 0 aliphatic heterocycles. The summed E-state index contributed by atoms with van der Waals surface area (Å²) in [6.45, 7) is -2.80. The SMILES string of the molecule is O=C([O-])C1CC(OC(F)F)C1.[K+]. The van der Waals surface area contributed by atoms with Crippen LogP contribution in [0.25, 0.3) is 0 Å². The second-order valence-corrected chi connectivity index (χ2v) is 2.51. The molecular formula is C6H7F2KO3. The van der Waals surface area contributed by atoms with Gasteiger partial charge in [-0.05, 0) is 12.8 Å². The fourth-order valence-corrected chi connectivity index (χ4v) is 1.01. The van der Waals surface area contributed by atoms with Crippen molar-refractivity contribution < 1.29 is 74.8 Å². The van der Waals surface area contributed by atoms with E-state index in [1.807, 2.05) is 0 Å². The molecule has 0 radical (unpaired) electrons. The molecular weight excluding hydrogens is 197 g/mol. The minimum atomic E-state index is -2.80. The van der Waals surface area contributed by atoms with Gasteiger partial charge in [-0.1, -0.05) is 0 Å². The molecule has 0 bridgehead atoms. The van der Waals surface area contributed by atoms with Gasteiger partial charge in [0.05, 0.1) is 6.10 Å². The van der Waals surface area contributed by atoms with Crippen LogP contribution in [0.4, 0.5) is 8.78 Å². The molecule has 1 rings (SSSR count). The number of hydrogen-bond acceptors (Lipinski definition) is 3. The Morgan fingerprint density at radius 2 is 2.00 bits per heavy atom. The Kier molecular flexibility index (Phi) is 6.05. The van der Waals surface area contributed by atoms with E-state index in [9.17, 15) is 18.7 Å². The number of hydrogen-bond donors (Lipinski definition) is 0. The quantitative estimate of drug-likeness (QED) is 0.454. The van der Waals surface area contributed by atoms with Gasteiger partial charge >= 0.3 is 58.0 Å². The van der Waals surface area contributed by atoms with Gasteiger partial charge in [-0.3, -0.25) is 0 Å². The summed E-state index contributed by atoms with van der Waals surface area (Å²) in [5.41, 5.74) is 0. The van der Waals surface area contributed by atoms with Crippen LogP contribution in [0.3, 0.4) is 0 Å². The third-order valence-electron chi connectivity index (χ3n) is 1.72. The van der Waals surface area contributed by atoms with Crippen LogP contribution in [0.15, 0.2) is 0 Å². The number of halogens is 2. The van der Waals surface area contributed by atoms with Crippen molar-refractivity contribution in [2.75, 3.05) is 0 Å². The summed E-state index contributed by atoms with van der Waals surface area (Å²) in [6.07, 6.45) is -0.308. The van der Waals surface area contributed by atoms with Gasteiger partial charge in [0.25, 0.3) is 0 Å². The van der Waals surface area contributed by atoms with E-state index in [0.29, 0.717) is 0 Å². The van der Waals surface area contributed by atoms with E-state index in [0.717, 1.165) is 0 Å². The summed E-state index contributed by atoms with van der Waals surface area (Å²) in [4.78, 5) is 10.1. The number of rotatable bonds is 3. The molecule has 0 aromatic rings. The largest absolute Gasteiger partial charge is 1.00 e. The molecule has 1 aliphatic carbocycles. The maximum absolute atomic E-state index is 11.4. The van der Waals surface area contributed by atoms with Crippen molar-refractivity contribution >= 4 is 5.97 Å². The van der Waals surface area contributed by atoms with Gasteiger partial charge in [-0.25, -0.2) is 0 Å². The second-order valence-electron chi connectivity index (χ2n) is 2.51. The van der Waals surface area contributed by atoms with Crippen LogP contribution < -0.4 is 56.5 Å². The van der Waals surface area contributed by atoms with Gasteiger partial charge < -0.3 is 14.6 Å². The van der Waals surface area contributed by atoms with Crippen LogP contribution in [0, 0.1) is 5.92 Å². The summed E-state index contributed by atoms with van der Waals surface area (Å²) < 4.78 is 26.9. The molecule has 0 unspecified atom stereocenters. The van der Waals surface area contributed by atoms with Crippen LogP contribution in [-0.2, 0) is 9.53 Å². The second kappa shape index (κ2) is 5.61. The smallest absolute Gasteiger partial charge is 0.550 e. The molecule has 0 aromatic carbocycles. The minimum absolute atomic E-state index is 0. The Morgan fingerprint density at radius 1 is 1.50 bits per heavy atom. The predicted molar refractivity (Wildman–Crippen MR) is 28.6 cm³/mol. The van der Waals surface area contributed by atoms with Crippen molar-refractivity contribution in [3.05, 3.63) is 0 Å². The Hall–Kier alpha value is 0.926. The van der Waals surface area contributed by atoms with E-state index in [1.54, 1.807) is 0 Å². The van der Waals surface area contributed by atoms with Crippen LogP contribution in [-0.4, -0.2) is 18.7 Å². The third kappa shape index (κ3) is 3.76. The number of aliphatic carboxylic acids is 1. The number of alkyl halides is 2. The first-order valence-corrected chi connectivity index (χ1v) is 3.24. The van der Waals surface area contributed by atoms with Gasteiger partial charge in [0.15, 0.2) is 0 Å². The number of carbonyl (C=O) groups excluding carboxylic acids is 1. The molecule has 0 atom stereocenters. The van der Waals surface area contributed by atoms with Crippen molar-refractivity contribution in [1.82, 2.24) is 0 Å². The molecule has 12 heavy (non-hydrogen) atoms. The number of carbonyl (C=O) groups is 1. The molecule has 3 nitrogen and oxygen atoms in total. The van der Waals surface area contributed by atoms with E-state index in [2.05, 4.69) is 4.74 Å². The predicted octanol–water partition coefficient (Wildman–Crippen LogP) is -3.24. The van der Waals surface area contributed by atoms with E-state index in [-0.39, 0.29) is 64.2 Å². The Morgan fingerprint density at radius 3 is 2.33 bits per heavy atom. The van der Waals surface area contributed by atoms with Crippen molar-refractivity contribution in [2.45, 2.75) is 25.6 Å². The molecule has 0 heterocycles. The summed E-state index contributed by atoms with van der Waals surface area (Å²) in [5, 5.41) is 10.1. The molecule has 0 saturated heterocycles. The molecule has 0 N–H and O–H groups in total. The summed E-state index contributed by atoms with van der Waals surface area (Å²) in [6, 6.07) is 0. The zero-order valence-corrected chi connectivity index (χ0v) is 9.75. The van der Waals surface area contributed by atoms with E-state index in [4.69, 9.17) is 0 Å². The fourth-order valence-electron chi connectivity index (χ4n) is 1.01. The third-order valence-corrected chi connectivity index (χ3v) is 1.72. The van der Waals surface area contributed by atoms with Gasteiger partial charge in [0.2, 0.25) is 0 Å². The van der Waals surface area contributed by atoms with Crippen molar-refractivity contribution in [3.63, 3.8) is 0 Å². The van der Waals surface area contributed by atoms with Crippen molar-refractivity contribution in [2.24, 2.45) is 5.92 Å². The van der Waals surface area contributed by atoms with Crippen molar-refractivity contribution in [3.8, 4) is 0 Å². The van der Waals surface area contributed by atoms with E-state index >= 15 is 0 Å². The van der Waals surface area contributed by atoms with E-state index < -0.39 is 24.6 Å². The van der Waals surface area contributed by atoms with Crippen LogP contribution in [0.2, 0.25) is 0 Å². The molecule has 1 fully saturated rings. The standard InChI is InChI=1S/C6H8F2O3.K/c7-6(8)11-4-1-3(2-4)5(9)10;/h3-4,6H,1-2H2,(H,9,10);/q;+1/p-1. The number of carboxylic acids is 1. The first-order chi connectivity index (χ1) is 5.09. The summed E-state index contributed by atoms with van der Waals surface area (Å²) in [7, 11) is 0. The first-order valence-electron chi connectivity index (χ1n) is 3.24. The normalized spacial score (nSPS) is 27.6. The molecule has 1 aliphatic rings. The molecule has 1 saturated carbocycles. The van der Waals surface area contributed by atoms with E-state index in [1.165, 1.54) is 0 Å². The van der Waals surface area contributed by atoms with Gasteiger partial charge in [-0.2, -0.15) is 8.78 Å². The Balaban J connectivity index is 0.00000121. The molecule has 0 amide bonds. The molecule has 0 spiro atoms. The average Bonchev–Trinajstić information content (AvgIpc) is 1.75. The average molecular weight is 204 g/mol. The maximum Gasteiger partial charge on any atom is 1.00 e. The maximum atomic E-state index is 11.4. The van der Waals surface area contributed by atoms with Gasteiger partial charge in [0, 0.05) is 11.9 Å². The minimum Gasteiger partial charge on any atom is -0.550 e. The Bertz CT molecular complexity index is 159. The van der Waals surface area contributed by atoms with Crippen molar-refractivity contribution in [1.29, 1.82) is 0 Å². The topological polar surface area (TPSA) is 49.4 Å². The molecule has 0 aromatic heterocycles. The summed E-state index contributed by atoms with van der Waals surface area (Å²) >= 11 is 0. The Labute approximate surface area is 111 Å².